The fraction of sp³-hybridized carbons (Fsp3) is 0.600. The fourth-order valence-corrected chi connectivity index (χ4v) is 2.44. The molecule has 0 aromatic carbocycles. The highest BCUT2D eigenvalue weighted by atomic mass is 15.2. The average Bonchev–Trinajstić information content (AvgIpc) is 2.83. The van der Waals surface area contributed by atoms with Crippen molar-refractivity contribution in [2.45, 2.75) is 58.3 Å². The van der Waals surface area contributed by atoms with E-state index < -0.39 is 0 Å². The standard InChI is InChI=1S/C15H23N3/c1-3-5-9-13(10-6-4-2)15-17-16-14-11-7-8-12-18(14)15/h7-8,11-13H,3-6,9-10H2,1-2H3. The highest BCUT2D eigenvalue weighted by molar-refractivity contribution is 5.37. The lowest BCUT2D eigenvalue weighted by molar-refractivity contribution is 0.500. The lowest BCUT2D eigenvalue weighted by Gasteiger charge is -2.14. The highest BCUT2D eigenvalue weighted by Gasteiger charge is 2.16. The van der Waals surface area contributed by atoms with Gasteiger partial charge >= 0.3 is 0 Å². The maximum atomic E-state index is 4.41. The summed E-state index contributed by atoms with van der Waals surface area (Å²) in [5, 5.41) is 8.68. The summed E-state index contributed by atoms with van der Waals surface area (Å²) in [6, 6.07) is 6.09. The van der Waals surface area contributed by atoms with Gasteiger partial charge in [-0.05, 0) is 25.0 Å². The van der Waals surface area contributed by atoms with Crippen molar-refractivity contribution in [3.8, 4) is 0 Å². The van der Waals surface area contributed by atoms with Gasteiger partial charge in [-0.1, -0.05) is 45.6 Å². The van der Waals surface area contributed by atoms with E-state index in [0.717, 1.165) is 11.5 Å². The van der Waals surface area contributed by atoms with Crippen LogP contribution in [0.2, 0.25) is 0 Å². The van der Waals surface area contributed by atoms with Gasteiger partial charge in [0.2, 0.25) is 0 Å². The molecule has 0 aliphatic heterocycles. The molecule has 0 saturated heterocycles. The van der Waals surface area contributed by atoms with Gasteiger partial charge in [0.05, 0.1) is 0 Å². The summed E-state index contributed by atoms with van der Waals surface area (Å²) < 4.78 is 2.15. The van der Waals surface area contributed by atoms with Crippen LogP contribution >= 0.6 is 0 Å². The molecule has 2 aromatic heterocycles. The molecule has 2 rings (SSSR count). The molecule has 0 spiro atoms. The van der Waals surface area contributed by atoms with Crippen molar-refractivity contribution in [2.24, 2.45) is 0 Å². The summed E-state index contributed by atoms with van der Waals surface area (Å²) >= 11 is 0. The van der Waals surface area contributed by atoms with Crippen LogP contribution in [-0.4, -0.2) is 14.6 Å². The Morgan fingerprint density at radius 3 is 2.44 bits per heavy atom. The molecule has 2 heterocycles. The SMILES string of the molecule is CCCCC(CCCC)c1nnc2ccccn12. The molecule has 0 fully saturated rings. The van der Waals surface area contributed by atoms with E-state index in [0.29, 0.717) is 5.92 Å². The first-order valence-corrected chi connectivity index (χ1v) is 7.16. The van der Waals surface area contributed by atoms with Crippen LogP contribution in [-0.2, 0) is 0 Å². The van der Waals surface area contributed by atoms with Gasteiger partial charge in [0.15, 0.2) is 5.65 Å². The van der Waals surface area contributed by atoms with E-state index in [2.05, 4.69) is 40.7 Å². The maximum absolute atomic E-state index is 4.41. The number of hydrogen-bond acceptors (Lipinski definition) is 2. The fourth-order valence-electron chi connectivity index (χ4n) is 2.44. The molecule has 0 radical (unpaired) electrons. The van der Waals surface area contributed by atoms with E-state index in [4.69, 9.17) is 0 Å². The van der Waals surface area contributed by atoms with Crippen LogP contribution < -0.4 is 0 Å². The van der Waals surface area contributed by atoms with Crippen molar-refractivity contribution in [3.63, 3.8) is 0 Å². The largest absolute Gasteiger partial charge is 0.286 e. The topological polar surface area (TPSA) is 30.2 Å². The van der Waals surface area contributed by atoms with Gasteiger partial charge in [-0.2, -0.15) is 0 Å². The average molecular weight is 245 g/mol. The molecule has 98 valence electrons. The van der Waals surface area contributed by atoms with E-state index in [1.165, 1.54) is 38.5 Å². The second-order valence-corrected chi connectivity index (χ2v) is 4.97. The second kappa shape index (κ2) is 6.53. The minimum atomic E-state index is 0.558. The van der Waals surface area contributed by atoms with E-state index in [9.17, 15) is 0 Å². The molecular weight excluding hydrogens is 222 g/mol. The number of nitrogens with zero attached hydrogens (tertiary/aromatic N) is 3. The van der Waals surface area contributed by atoms with E-state index in [1.807, 2.05) is 12.1 Å². The van der Waals surface area contributed by atoms with Crippen molar-refractivity contribution >= 4 is 5.65 Å². The van der Waals surface area contributed by atoms with Crippen LogP contribution in [0.15, 0.2) is 24.4 Å². The summed E-state index contributed by atoms with van der Waals surface area (Å²) in [4.78, 5) is 0. The molecule has 18 heavy (non-hydrogen) atoms. The Kier molecular flexibility index (Phi) is 4.73. The zero-order valence-electron chi connectivity index (χ0n) is 11.5. The molecule has 0 saturated carbocycles. The molecule has 0 aliphatic carbocycles. The Hall–Kier alpha value is -1.38. The Balaban J connectivity index is 2.22. The first-order valence-electron chi connectivity index (χ1n) is 7.16. The van der Waals surface area contributed by atoms with E-state index >= 15 is 0 Å². The molecule has 0 atom stereocenters. The minimum absolute atomic E-state index is 0.558. The van der Waals surface area contributed by atoms with Crippen LogP contribution in [0.4, 0.5) is 0 Å². The molecule has 3 nitrogen and oxygen atoms in total. The Labute approximate surface area is 109 Å². The predicted molar refractivity (Wildman–Crippen MR) is 74.8 cm³/mol. The van der Waals surface area contributed by atoms with E-state index in [-0.39, 0.29) is 0 Å². The van der Waals surface area contributed by atoms with Gasteiger partial charge in [0.25, 0.3) is 0 Å². The summed E-state index contributed by atoms with van der Waals surface area (Å²) in [7, 11) is 0. The van der Waals surface area contributed by atoms with Crippen molar-refractivity contribution < 1.29 is 0 Å². The Bertz CT molecular complexity index is 467. The molecule has 0 bridgehead atoms. The van der Waals surface area contributed by atoms with Crippen LogP contribution in [0.3, 0.4) is 0 Å². The van der Waals surface area contributed by atoms with Crippen LogP contribution in [0.1, 0.15) is 64.1 Å². The van der Waals surface area contributed by atoms with Gasteiger partial charge in [-0.25, -0.2) is 0 Å². The first-order chi connectivity index (χ1) is 8.86. The molecule has 2 aromatic rings. The van der Waals surface area contributed by atoms with Gasteiger partial charge in [-0.3, -0.25) is 4.40 Å². The highest BCUT2D eigenvalue weighted by Crippen LogP contribution is 2.26. The van der Waals surface area contributed by atoms with Crippen molar-refractivity contribution in [3.05, 3.63) is 30.2 Å². The van der Waals surface area contributed by atoms with Gasteiger partial charge in [0.1, 0.15) is 5.82 Å². The van der Waals surface area contributed by atoms with Crippen molar-refractivity contribution in [1.29, 1.82) is 0 Å². The van der Waals surface area contributed by atoms with Crippen molar-refractivity contribution in [2.75, 3.05) is 0 Å². The summed E-state index contributed by atoms with van der Waals surface area (Å²) in [6.45, 7) is 4.50. The Morgan fingerprint density at radius 2 is 1.78 bits per heavy atom. The summed E-state index contributed by atoms with van der Waals surface area (Å²) in [5.41, 5.74) is 0.963. The predicted octanol–water partition coefficient (Wildman–Crippen LogP) is 4.19. The monoisotopic (exact) mass is 245 g/mol. The molecule has 0 N–H and O–H groups in total. The van der Waals surface area contributed by atoms with Gasteiger partial charge < -0.3 is 0 Å². The maximum Gasteiger partial charge on any atom is 0.160 e. The molecule has 0 amide bonds. The van der Waals surface area contributed by atoms with Gasteiger partial charge in [-0.15, -0.1) is 10.2 Å². The number of aromatic nitrogens is 3. The van der Waals surface area contributed by atoms with Crippen LogP contribution in [0, 0.1) is 0 Å². The zero-order valence-corrected chi connectivity index (χ0v) is 11.5. The minimum Gasteiger partial charge on any atom is -0.286 e. The Morgan fingerprint density at radius 1 is 1.06 bits per heavy atom. The normalized spacial score (nSPS) is 11.5. The molecular formula is C15H23N3. The number of unbranched alkanes of at least 4 members (excludes halogenated alkanes) is 2. The van der Waals surface area contributed by atoms with E-state index in [1.54, 1.807) is 0 Å². The third kappa shape index (κ3) is 2.89. The lowest BCUT2D eigenvalue weighted by atomic mass is 9.95. The smallest absolute Gasteiger partial charge is 0.160 e. The molecule has 0 unspecified atom stereocenters. The lowest BCUT2D eigenvalue weighted by Crippen LogP contribution is -2.05. The third-order valence-electron chi connectivity index (χ3n) is 3.52. The number of rotatable bonds is 7. The summed E-state index contributed by atoms with van der Waals surface area (Å²) in [6.07, 6.45) is 9.58. The first kappa shape index (κ1) is 13.1. The zero-order chi connectivity index (χ0) is 12.8. The van der Waals surface area contributed by atoms with Crippen molar-refractivity contribution in [1.82, 2.24) is 14.6 Å². The molecule has 3 heteroatoms. The number of fused-ring (bicyclic) bond motifs is 1. The summed E-state index contributed by atoms with van der Waals surface area (Å²) in [5.74, 6) is 1.70. The number of hydrogen-bond donors (Lipinski definition) is 0. The quantitative estimate of drug-likeness (QED) is 0.732. The molecule has 0 aliphatic rings. The number of pyridine rings is 1. The van der Waals surface area contributed by atoms with Gasteiger partial charge in [0, 0.05) is 12.1 Å². The second-order valence-electron chi connectivity index (χ2n) is 4.97. The third-order valence-corrected chi connectivity index (χ3v) is 3.52. The van der Waals surface area contributed by atoms with Crippen LogP contribution in [0.25, 0.3) is 5.65 Å². The van der Waals surface area contributed by atoms with Crippen LogP contribution in [0.5, 0.6) is 0 Å².